The van der Waals surface area contributed by atoms with Crippen LogP contribution in [0.25, 0.3) is 66.1 Å². The third kappa shape index (κ3) is 6.01. The van der Waals surface area contributed by atoms with Crippen molar-refractivity contribution in [2.45, 2.75) is 5.41 Å². The van der Waals surface area contributed by atoms with Crippen molar-refractivity contribution in [2.24, 2.45) is 0 Å². The second kappa shape index (κ2) is 15.6. The second-order valence-corrected chi connectivity index (χ2v) is 16.8. The smallest absolute Gasteiger partial charge is 0.0714 e. The maximum Gasteiger partial charge on any atom is 0.0714 e. The molecule has 1 heteroatoms. The number of rotatable bonds is 8. The lowest BCUT2D eigenvalue weighted by atomic mass is 9.67. The summed E-state index contributed by atoms with van der Waals surface area (Å²) in [5.74, 6) is 0. The number of fused-ring (bicyclic) bond motifs is 6. The van der Waals surface area contributed by atoms with Crippen LogP contribution in [0.5, 0.6) is 0 Å². The summed E-state index contributed by atoms with van der Waals surface area (Å²) in [6.07, 6.45) is 0. The van der Waals surface area contributed by atoms with Crippen LogP contribution in [-0.4, -0.2) is 0 Å². The molecule has 1 aliphatic carbocycles. The van der Waals surface area contributed by atoms with Crippen LogP contribution >= 0.6 is 0 Å². The summed E-state index contributed by atoms with van der Waals surface area (Å²) in [5.41, 5.74) is 17.4. The number of nitrogens with zero attached hydrogens (tertiary/aromatic N) is 1. The Labute approximate surface area is 374 Å². The zero-order valence-electron chi connectivity index (χ0n) is 35.3. The average molecular weight is 814 g/mol. The first-order valence-corrected chi connectivity index (χ1v) is 22.2. The van der Waals surface area contributed by atoms with Gasteiger partial charge < -0.3 is 4.90 Å². The fourth-order valence-electron chi connectivity index (χ4n) is 10.6. The normalized spacial score (nSPS) is 12.5. The van der Waals surface area contributed by atoms with Gasteiger partial charge in [-0.05, 0) is 113 Å². The molecule has 0 saturated carbocycles. The Hall–Kier alpha value is -8.26. The average Bonchev–Trinajstić information content (AvgIpc) is 3.67. The summed E-state index contributed by atoms with van der Waals surface area (Å²) in [4.78, 5) is 2.52. The van der Waals surface area contributed by atoms with Gasteiger partial charge in [0.2, 0.25) is 0 Å². The molecule has 0 aliphatic heterocycles. The zero-order valence-corrected chi connectivity index (χ0v) is 35.3. The maximum atomic E-state index is 2.52. The predicted octanol–water partition coefficient (Wildman–Crippen LogP) is 16.8. The van der Waals surface area contributed by atoms with Crippen LogP contribution in [0.1, 0.15) is 22.3 Å². The molecule has 0 saturated heterocycles. The van der Waals surface area contributed by atoms with Gasteiger partial charge in [0.15, 0.2) is 0 Å². The molecular formula is C63H43N. The minimum absolute atomic E-state index is 0.549. The molecule has 12 rings (SSSR count). The van der Waals surface area contributed by atoms with Crippen molar-refractivity contribution in [3.05, 3.63) is 283 Å². The molecule has 0 bridgehead atoms. The summed E-state index contributed by atoms with van der Waals surface area (Å²) < 4.78 is 0. The molecule has 64 heavy (non-hydrogen) atoms. The van der Waals surface area contributed by atoms with E-state index in [0.717, 1.165) is 17.1 Å². The van der Waals surface area contributed by atoms with Crippen molar-refractivity contribution in [3.63, 3.8) is 0 Å². The van der Waals surface area contributed by atoms with Crippen molar-refractivity contribution >= 4 is 38.6 Å². The fourth-order valence-corrected chi connectivity index (χ4v) is 10.6. The largest absolute Gasteiger partial charge is 0.310 e. The summed E-state index contributed by atoms with van der Waals surface area (Å²) in [5, 5.41) is 4.94. The van der Waals surface area contributed by atoms with Crippen molar-refractivity contribution in [1.29, 1.82) is 0 Å². The number of hydrogen-bond donors (Lipinski definition) is 0. The molecule has 11 aromatic carbocycles. The predicted molar refractivity (Wildman–Crippen MR) is 270 cm³/mol. The first-order chi connectivity index (χ1) is 31.8. The monoisotopic (exact) mass is 813 g/mol. The van der Waals surface area contributed by atoms with E-state index in [-0.39, 0.29) is 0 Å². The summed E-state index contributed by atoms with van der Waals surface area (Å²) in [7, 11) is 0. The Morgan fingerprint density at radius 3 is 1.50 bits per heavy atom. The molecule has 300 valence electrons. The highest BCUT2D eigenvalue weighted by atomic mass is 15.1. The molecule has 0 unspecified atom stereocenters. The van der Waals surface area contributed by atoms with Crippen molar-refractivity contribution < 1.29 is 0 Å². The van der Waals surface area contributed by atoms with Crippen molar-refractivity contribution in [3.8, 4) is 44.5 Å². The third-order valence-electron chi connectivity index (χ3n) is 13.3. The molecule has 11 aromatic rings. The summed E-state index contributed by atoms with van der Waals surface area (Å²) in [6.45, 7) is 0. The minimum Gasteiger partial charge on any atom is -0.310 e. The van der Waals surface area contributed by atoms with Crippen LogP contribution < -0.4 is 4.90 Å². The van der Waals surface area contributed by atoms with E-state index in [2.05, 4.69) is 266 Å². The first kappa shape index (κ1) is 37.5. The van der Waals surface area contributed by atoms with Gasteiger partial charge in [-0.1, -0.05) is 231 Å². The standard InChI is InChI=1S/C63H43N/c1-5-20-44(21-6-1)53-30-15-16-32-58(53)62-55(45-22-7-2-8-23-45)33-19-35-61(62)64(50-38-40-54-47(42-50)37-36-46-24-13-14-29-52(46)54)51-39-41-57-56-31-17-18-34-59(56)63(60(57)43-51,48-25-9-3-10-26-48)49-27-11-4-12-28-49/h1-43H. The van der Waals surface area contributed by atoms with E-state index in [0.29, 0.717) is 0 Å². The van der Waals surface area contributed by atoms with Gasteiger partial charge in [0, 0.05) is 16.9 Å². The summed E-state index contributed by atoms with van der Waals surface area (Å²) in [6, 6.07) is 96.1. The van der Waals surface area contributed by atoms with E-state index in [1.807, 2.05) is 0 Å². The van der Waals surface area contributed by atoms with Crippen LogP contribution in [0, 0.1) is 0 Å². The molecule has 1 nitrogen and oxygen atoms in total. The van der Waals surface area contributed by atoms with Gasteiger partial charge in [-0.2, -0.15) is 0 Å². The Balaban J connectivity index is 1.19. The Morgan fingerprint density at radius 1 is 0.281 bits per heavy atom. The van der Waals surface area contributed by atoms with E-state index in [9.17, 15) is 0 Å². The second-order valence-electron chi connectivity index (χ2n) is 16.8. The van der Waals surface area contributed by atoms with Gasteiger partial charge >= 0.3 is 0 Å². The van der Waals surface area contributed by atoms with Crippen LogP contribution in [0.15, 0.2) is 261 Å². The molecule has 0 atom stereocenters. The number of anilines is 3. The maximum absolute atomic E-state index is 2.52. The van der Waals surface area contributed by atoms with E-state index >= 15 is 0 Å². The lowest BCUT2D eigenvalue weighted by molar-refractivity contribution is 0.768. The Morgan fingerprint density at radius 2 is 0.781 bits per heavy atom. The molecule has 0 amide bonds. The highest BCUT2D eigenvalue weighted by Crippen LogP contribution is 2.58. The zero-order chi connectivity index (χ0) is 42.5. The van der Waals surface area contributed by atoms with Crippen LogP contribution in [0.2, 0.25) is 0 Å². The number of hydrogen-bond acceptors (Lipinski definition) is 1. The molecule has 0 N–H and O–H groups in total. The molecule has 0 aromatic heterocycles. The van der Waals surface area contributed by atoms with Crippen LogP contribution in [0.4, 0.5) is 17.1 Å². The fraction of sp³-hybridized carbons (Fsp3) is 0.0159. The first-order valence-electron chi connectivity index (χ1n) is 22.2. The Kier molecular flexibility index (Phi) is 9.13. The minimum atomic E-state index is -0.549. The third-order valence-corrected chi connectivity index (χ3v) is 13.3. The highest BCUT2D eigenvalue weighted by Gasteiger charge is 2.46. The topological polar surface area (TPSA) is 3.24 Å². The van der Waals surface area contributed by atoms with E-state index in [1.54, 1.807) is 0 Å². The van der Waals surface area contributed by atoms with Crippen molar-refractivity contribution in [2.75, 3.05) is 4.90 Å². The van der Waals surface area contributed by atoms with Gasteiger partial charge in [0.25, 0.3) is 0 Å². The lowest BCUT2D eigenvalue weighted by Crippen LogP contribution is -2.28. The molecule has 0 radical (unpaired) electrons. The van der Waals surface area contributed by atoms with Gasteiger partial charge in [-0.15, -0.1) is 0 Å². The van der Waals surface area contributed by atoms with Crippen LogP contribution in [0.3, 0.4) is 0 Å². The van der Waals surface area contributed by atoms with Gasteiger partial charge in [0.1, 0.15) is 0 Å². The molecule has 0 spiro atoms. The quantitative estimate of drug-likeness (QED) is 0.138. The molecule has 0 heterocycles. The van der Waals surface area contributed by atoms with E-state index in [4.69, 9.17) is 0 Å². The van der Waals surface area contributed by atoms with Gasteiger partial charge in [-0.25, -0.2) is 0 Å². The van der Waals surface area contributed by atoms with E-state index < -0.39 is 5.41 Å². The van der Waals surface area contributed by atoms with Crippen molar-refractivity contribution in [1.82, 2.24) is 0 Å². The molecule has 1 aliphatic rings. The number of benzene rings is 11. The van der Waals surface area contributed by atoms with E-state index in [1.165, 1.54) is 88.3 Å². The highest BCUT2D eigenvalue weighted by molar-refractivity contribution is 6.09. The SMILES string of the molecule is c1ccc(-c2ccccc2-c2c(-c3ccccc3)cccc2N(c2ccc3c(c2)C(c2ccccc2)(c2ccccc2)c2ccccc2-3)c2ccc3c(ccc4ccccc43)c2)cc1. The Bertz CT molecular complexity index is 3440. The van der Waals surface area contributed by atoms with Gasteiger partial charge in [-0.3, -0.25) is 0 Å². The summed E-state index contributed by atoms with van der Waals surface area (Å²) >= 11 is 0. The van der Waals surface area contributed by atoms with Gasteiger partial charge in [0.05, 0.1) is 11.1 Å². The lowest BCUT2D eigenvalue weighted by Gasteiger charge is -2.35. The molecule has 0 fully saturated rings. The molecular weight excluding hydrogens is 771 g/mol. The van der Waals surface area contributed by atoms with Crippen LogP contribution in [-0.2, 0) is 5.41 Å².